The lowest BCUT2D eigenvalue weighted by Gasteiger charge is -2.11. The summed E-state index contributed by atoms with van der Waals surface area (Å²) < 4.78 is 38.0. The van der Waals surface area contributed by atoms with Crippen molar-refractivity contribution in [2.24, 2.45) is 0 Å². The normalized spacial score (nSPS) is 12.2. The minimum absolute atomic E-state index is 0.0845. The molecular formula is C22H19N3O6S. The number of rotatable bonds is 5. The van der Waals surface area contributed by atoms with E-state index in [4.69, 9.17) is 9.47 Å². The number of amides is 2. The molecule has 0 radical (unpaired) electrons. The van der Waals surface area contributed by atoms with Crippen LogP contribution in [-0.4, -0.2) is 27.0 Å². The minimum Gasteiger partial charge on any atom is -0.454 e. The van der Waals surface area contributed by atoms with Crippen LogP contribution in [0.25, 0.3) is 0 Å². The van der Waals surface area contributed by atoms with Gasteiger partial charge >= 0.3 is 0 Å². The quantitative estimate of drug-likeness (QED) is 0.511. The van der Waals surface area contributed by atoms with Gasteiger partial charge in [0, 0.05) is 16.8 Å². The molecule has 3 N–H and O–H groups in total. The van der Waals surface area contributed by atoms with Crippen LogP contribution in [0.5, 0.6) is 11.5 Å². The van der Waals surface area contributed by atoms with Crippen molar-refractivity contribution < 1.29 is 27.5 Å². The number of hydrazine groups is 1. The first-order valence-electron chi connectivity index (χ1n) is 9.52. The monoisotopic (exact) mass is 453 g/mol. The summed E-state index contributed by atoms with van der Waals surface area (Å²) in [6.45, 7) is 1.94. The topological polar surface area (TPSA) is 123 Å². The van der Waals surface area contributed by atoms with Gasteiger partial charge in [-0.25, -0.2) is 8.42 Å². The average Bonchev–Trinajstić information content (AvgIpc) is 3.25. The highest BCUT2D eigenvalue weighted by Gasteiger charge is 2.18. The Hall–Kier alpha value is -4.05. The van der Waals surface area contributed by atoms with Gasteiger partial charge in [0.25, 0.3) is 21.8 Å². The molecule has 1 aliphatic heterocycles. The van der Waals surface area contributed by atoms with Crippen molar-refractivity contribution in [1.82, 2.24) is 10.9 Å². The van der Waals surface area contributed by atoms with Gasteiger partial charge in [0.1, 0.15) is 0 Å². The maximum atomic E-state index is 12.6. The van der Waals surface area contributed by atoms with Crippen LogP contribution >= 0.6 is 0 Å². The third-order valence-electron chi connectivity index (χ3n) is 4.63. The number of benzene rings is 3. The number of aryl methyl sites for hydroxylation is 1. The van der Waals surface area contributed by atoms with Gasteiger partial charge < -0.3 is 9.47 Å². The van der Waals surface area contributed by atoms with E-state index in [1.807, 2.05) is 6.92 Å². The summed E-state index contributed by atoms with van der Waals surface area (Å²) in [5.74, 6) is -0.184. The summed E-state index contributed by atoms with van der Waals surface area (Å²) >= 11 is 0. The van der Waals surface area contributed by atoms with E-state index < -0.39 is 21.8 Å². The molecule has 0 fully saturated rings. The van der Waals surface area contributed by atoms with Crippen molar-refractivity contribution >= 4 is 27.5 Å². The molecule has 3 aromatic rings. The highest BCUT2D eigenvalue weighted by atomic mass is 32.2. The molecule has 1 aliphatic rings. The number of sulfonamides is 1. The summed E-state index contributed by atoms with van der Waals surface area (Å²) in [7, 11) is -3.81. The van der Waals surface area contributed by atoms with E-state index in [2.05, 4.69) is 15.6 Å². The van der Waals surface area contributed by atoms with E-state index >= 15 is 0 Å². The molecule has 164 valence electrons. The number of fused-ring (bicyclic) bond motifs is 1. The first-order valence-corrected chi connectivity index (χ1v) is 11.0. The van der Waals surface area contributed by atoms with E-state index in [0.29, 0.717) is 11.5 Å². The van der Waals surface area contributed by atoms with Crippen molar-refractivity contribution in [1.29, 1.82) is 0 Å². The largest absolute Gasteiger partial charge is 0.454 e. The van der Waals surface area contributed by atoms with Crippen LogP contribution in [-0.2, 0) is 10.0 Å². The molecule has 1 heterocycles. The Morgan fingerprint density at radius 2 is 1.47 bits per heavy atom. The van der Waals surface area contributed by atoms with Crippen LogP contribution in [0.1, 0.15) is 26.3 Å². The number of hydrogen-bond donors (Lipinski definition) is 3. The standard InChI is InChI=1S/C22H19N3O6S/c1-14-5-8-18(9-6-14)32(28,29)25-17-4-2-3-15(11-17)21(26)23-24-22(27)16-7-10-19-20(12-16)31-13-30-19/h2-12,25H,13H2,1H3,(H,23,26)(H,24,27). The number of nitrogens with one attached hydrogen (secondary N) is 3. The maximum absolute atomic E-state index is 12.6. The molecule has 0 saturated carbocycles. The first-order chi connectivity index (χ1) is 15.3. The van der Waals surface area contributed by atoms with E-state index in [1.165, 1.54) is 48.5 Å². The lowest BCUT2D eigenvalue weighted by molar-refractivity contribution is 0.0846. The molecule has 0 unspecified atom stereocenters. The molecule has 0 aromatic heterocycles. The third-order valence-corrected chi connectivity index (χ3v) is 6.03. The summed E-state index contributed by atoms with van der Waals surface area (Å²) in [6.07, 6.45) is 0. The Bertz CT molecular complexity index is 1290. The van der Waals surface area contributed by atoms with Gasteiger partial charge in [0.2, 0.25) is 6.79 Å². The molecule has 2 amide bonds. The SMILES string of the molecule is Cc1ccc(S(=O)(=O)Nc2cccc(C(=O)NNC(=O)c3ccc4c(c3)OCO4)c2)cc1. The summed E-state index contributed by atoms with van der Waals surface area (Å²) in [5.41, 5.74) is 6.19. The fraction of sp³-hybridized carbons (Fsp3) is 0.0909. The van der Waals surface area contributed by atoms with Gasteiger partial charge in [-0.2, -0.15) is 0 Å². The lowest BCUT2D eigenvalue weighted by Crippen LogP contribution is -2.41. The van der Waals surface area contributed by atoms with Crippen molar-refractivity contribution in [3.05, 3.63) is 83.4 Å². The molecule has 0 saturated heterocycles. The molecular weight excluding hydrogens is 434 g/mol. The number of hydrogen-bond acceptors (Lipinski definition) is 6. The molecule has 32 heavy (non-hydrogen) atoms. The number of carbonyl (C=O) groups is 2. The third kappa shape index (κ3) is 4.65. The van der Waals surface area contributed by atoms with E-state index in [1.54, 1.807) is 18.2 Å². The van der Waals surface area contributed by atoms with Crippen LogP contribution < -0.4 is 25.0 Å². The number of anilines is 1. The van der Waals surface area contributed by atoms with Gasteiger partial charge in [0.05, 0.1) is 4.90 Å². The zero-order chi connectivity index (χ0) is 22.7. The Morgan fingerprint density at radius 1 is 0.812 bits per heavy atom. The van der Waals surface area contributed by atoms with Crippen LogP contribution in [0.3, 0.4) is 0 Å². The van der Waals surface area contributed by atoms with Gasteiger partial charge in [-0.05, 0) is 55.5 Å². The van der Waals surface area contributed by atoms with Crippen LogP contribution in [0.2, 0.25) is 0 Å². The Balaban J connectivity index is 1.41. The van der Waals surface area contributed by atoms with E-state index in [0.717, 1.165) is 5.56 Å². The summed E-state index contributed by atoms with van der Waals surface area (Å²) in [4.78, 5) is 24.9. The molecule has 4 rings (SSSR count). The maximum Gasteiger partial charge on any atom is 0.269 e. The Kier molecular flexibility index (Phi) is 5.69. The predicted molar refractivity (Wildman–Crippen MR) is 116 cm³/mol. The molecule has 0 aliphatic carbocycles. The summed E-state index contributed by atoms with van der Waals surface area (Å²) in [6, 6.07) is 16.9. The number of ether oxygens (including phenoxy) is 2. The highest BCUT2D eigenvalue weighted by molar-refractivity contribution is 7.92. The first kappa shape index (κ1) is 21.2. The summed E-state index contributed by atoms with van der Waals surface area (Å²) in [5, 5.41) is 0. The molecule has 10 heteroatoms. The smallest absolute Gasteiger partial charge is 0.269 e. The highest BCUT2D eigenvalue weighted by Crippen LogP contribution is 2.32. The van der Waals surface area contributed by atoms with E-state index in [9.17, 15) is 18.0 Å². The Labute approximate surface area is 184 Å². The molecule has 0 atom stereocenters. The molecule has 3 aromatic carbocycles. The molecule has 0 spiro atoms. The Morgan fingerprint density at radius 3 is 2.19 bits per heavy atom. The fourth-order valence-electron chi connectivity index (χ4n) is 2.95. The second-order valence-corrected chi connectivity index (χ2v) is 8.66. The fourth-order valence-corrected chi connectivity index (χ4v) is 4.00. The van der Waals surface area contributed by atoms with Crippen molar-refractivity contribution in [2.45, 2.75) is 11.8 Å². The van der Waals surface area contributed by atoms with Crippen molar-refractivity contribution in [3.63, 3.8) is 0 Å². The van der Waals surface area contributed by atoms with Crippen molar-refractivity contribution in [3.8, 4) is 11.5 Å². The van der Waals surface area contributed by atoms with E-state index in [-0.39, 0.29) is 28.5 Å². The van der Waals surface area contributed by atoms with Gasteiger partial charge in [-0.15, -0.1) is 0 Å². The van der Waals surface area contributed by atoms with Crippen molar-refractivity contribution in [2.75, 3.05) is 11.5 Å². The van der Waals surface area contributed by atoms with Crippen LogP contribution in [0, 0.1) is 6.92 Å². The van der Waals surface area contributed by atoms with Gasteiger partial charge in [-0.3, -0.25) is 25.2 Å². The molecule has 9 nitrogen and oxygen atoms in total. The number of carbonyl (C=O) groups excluding carboxylic acids is 2. The van der Waals surface area contributed by atoms with Gasteiger partial charge in [0.15, 0.2) is 11.5 Å². The predicted octanol–water partition coefficient (Wildman–Crippen LogP) is 2.60. The van der Waals surface area contributed by atoms with Crippen LogP contribution in [0.15, 0.2) is 71.6 Å². The minimum atomic E-state index is -3.81. The second-order valence-electron chi connectivity index (χ2n) is 6.98. The zero-order valence-corrected chi connectivity index (χ0v) is 17.7. The molecule has 0 bridgehead atoms. The lowest BCUT2D eigenvalue weighted by atomic mass is 10.2. The second kappa shape index (κ2) is 8.60. The van der Waals surface area contributed by atoms with Crippen LogP contribution in [0.4, 0.5) is 5.69 Å². The average molecular weight is 453 g/mol. The van der Waals surface area contributed by atoms with Gasteiger partial charge in [-0.1, -0.05) is 23.8 Å². The zero-order valence-electron chi connectivity index (χ0n) is 16.9.